The maximum absolute atomic E-state index is 12.8. The number of benzene rings is 1. The third-order valence-corrected chi connectivity index (χ3v) is 2.62. The summed E-state index contributed by atoms with van der Waals surface area (Å²) in [6.07, 6.45) is 0.0941. The average Bonchev–Trinajstić information content (AvgIpc) is 2.63. The van der Waals surface area contributed by atoms with Crippen LogP contribution in [0.3, 0.4) is 0 Å². The molecule has 84 valence electrons. The third kappa shape index (κ3) is 2.06. The molecule has 0 saturated carbocycles. The molecule has 1 heterocycles. The Morgan fingerprint density at radius 2 is 2.19 bits per heavy atom. The second-order valence-corrected chi connectivity index (χ2v) is 3.87. The molecule has 0 radical (unpaired) electrons. The van der Waals surface area contributed by atoms with Gasteiger partial charge >= 0.3 is 0 Å². The maximum atomic E-state index is 12.8. The summed E-state index contributed by atoms with van der Waals surface area (Å²) in [5.74, 6) is -1.16. The largest absolute Gasteiger partial charge is 0.343 e. The van der Waals surface area contributed by atoms with E-state index in [0.29, 0.717) is 13.0 Å². The van der Waals surface area contributed by atoms with E-state index in [1.807, 2.05) is 6.07 Å². The lowest BCUT2D eigenvalue weighted by Gasteiger charge is -2.23. The molecule has 0 aliphatic carbocycles. The Morgan fingerprint density at radius 3 is 2.81 bits per heavy atom. The fraction of sp³-hybridized carbons (Fsp3) is 0.417. The predicted octanol–water partition coefficient (Wildman–Crippen LogP) is 2.33. The first-order valence-electron chi connectivity index (χ1n) is 5.09. The predicted molar refractivity (Wildman–Crippen MR) is 54.8 cm³/mol. The number of hydrogen-bond donors (Lipinski definition) is 0. The molecule has 1 saturated heterocycles. The van der Waals surface area contributed by atoms with Crippen molar-refractivity contribution in [2.45, 2.75) is 25.2 Å². The first-order valence-corrected chi connectivity index (χ1v) is 5.09. The molecule has 1 aromatic carbocycles. The highest BCUT2D eigenvalue weighted by Gasteiger charge is 2.38. The van der Waals surface area contributed by atoms with Gasteiger partial charge in [0, 0.05) is 5.56 Å². The minimum absolute atomic E-state index is 0.208. The van der Waals surface area contributed by atoms with Crippen LogP contribution < -0.4 is 0 Å². The maximum Gasteiger partial charge on any atom is 0.192 e. The van der Waals surface area contributed by atoms with Gasteiger partial charge in [-0.15, -0.1) is 0 Å². The highest BCUT2D eigenvalue weighted by atomic mass is 19.1. The summed E-state index contributed by atoms with van der Waals surface area (Å²) in [6.45, 7) is 2.17. The molecule has 0 aromatic heterocycles. The number of halogens is 1. The van der Waals surface area contributed by atoms with Crippen molar-refractivity contribution in [1.82, 2.24) is 0 Å². The Hall–Kier alpha value is -1.44. The highest BCUT2D eigenvalue weighted by Crippen LogP contribution is 2.34. The number of hydrogen-bond acceptors (Lipinski definition) is 3. The summed E-state index contributed by atoms with van der Waals surface area (Å²) in [6, 6.07) is 8.03. The quantitative estimate of drug-likeness (QED) is 0.769. The van der Waals surface area contributed by atoms with E-state index in [1.54, 1.807) is 19.1 Å². The first kappa shape index (κ1) is 11.1. The lowest BCUT2D eigenvalue weighted by Crippen LogP contribution is -2.23. The smallest absolute Gasteiger partial charge is 0.192 e. The van der Waals surface area contributed by atoms with E-state index in [4.69, 9.17) is 14.7 Å². The van der Waals surface area contributed by atoms with Gasteiger partial charge in [0.25, 0.3) is 0 Å². The SMILES string of the molecule is CC1(c2ccc(F)cc2)OCC(CC#N)O1. The second-order valence-electron chi connectivity index (χ2n) is 3.87. The van der Waals surface area contributed by atoms with Crippen molar-refractivity contribution in [2.24, 2.45) is 0 Å². The average molecular weight is 221 g/mol. The van der Waals surface area contributed by atoms with Crippen LogP contribution in [0.15, 0.2) is 24.3 Å². The monoisotopic (exact) mass is 221 g/mol. The minimum atomic E-state index is -0.866. The molecule has 0 N–H and O–H groups in total. The van der Waals surface area contributed by atoms with Gasteiger partial charge in [-0.3, -0.25) is 0 Å². The molecule has 1 aliphatic rings. The number of ether oxygens (including phenoxy) is 2. The minimum Gasteiger partial charge on any atom is -0.343 e. The molecule has 0 bridgehead atoms. The van der Waals surface area contributed by atoms with Crippen LogP contribution in [-0.2, 0) is 15.3 Å². The van der Waals surface area contributed by atoms with Crippen molar-refractivity contribution < 1.29 is 13.9 Å². The summed E-state index contributed by atoms with van der Waals surface area (Å²) in [7, 11) is 0. The number of nitriles is 1. The van der Waals surface area contributed by atoms with Gasteiger partial charge in [-0.2, -0.15) is 5.26 Å². The molecule has 1 aliphatic heterocycles. The van der Waals surface area contributed by atoms with Gasteiger partial charge in [0.1, 0.15) is 5.82 Å². The van der Waals surface area contributed by atoms with Crippen LogP contribution in [0.4, 0.5) is 4.39 Å². The molecular weight excluding hydrogens is 209 g/mol. The fourth-order valence-electron chi connectivity index (χ4n) is 1.74. The van der Waals surface area contributed by atoms with E-state index < -0.39 is 5.79 Å². The molecule has 2 rings (SSSR count). The zero-order valence-corrected chi connectivity index (χ0v) is 8.94. The molecule has 0 amide bonds. The van der Waals surface area contributed by atoms with Gasteiger partial charge in [0.05, 0.1) is 25.2 Å². The van der Waals surface area contributed by atoms with Crippen LogP contribution in [-0.4, -0.2) is 12.7 Å². The Balaban J connectivity index is 2.15. The molecular formula is C12H12FNO2. The molecule has 4 heteroatoms. The second kappa shape index (κ2) is 4.20. The molecule has 1 aromatic rings. The van der Waals surface area contributed by atoms with Gasteiger partial charge in [0.2, 0.25) is 0 Å². The number of rotatable bonds is 2. The summed E-state index contributed by atoms with van der Waals surface area (Å²) in [5, 5.41) is 8.57. The van der Waals surface area contributed by atoms with Crippen molar-refractivity contribution in [3.8, 4) is 6.07 Å². The Morgan fingerprint density at radius 1 is 1.50 bits per heavy atom. The van der Waals surface area contributed by atoms with Crippen LogP contribution in [0.25, 0.3) is 0 Å². The summed E-state index contributed by atoms with van der Waals surface area (Å²) in [4.78, 5) is 0. The van der Waals surface area contributed by atoms with Crippen LogP contribution in [0, 0.1) is 17.1 Å². The van der Waals surface area contributed by atoms with E-state index >= 15 is 0 Å². The number of nitrogens with zero attached hydrogens (tertiary/aromatic N) is 1. The highest BCUT2D eigenvalue weighted by molar-refractivity contribution is 5.21. The van der Waals surface area contributed by atoms with Gasteiger partial charge < -0.3 is 9.47 Å². The van der Waals surface area contributed by atoms with Crippen molar-refractivity contribution >= 4 is 0 Å². The van der Waals surface area contributed by atoms with Gasteiger partial charge in [-0.1, -0.05) is 12.1 Å². The van der Waals surface area contributed by atoms with Crippen molar-refractivity contribution in [1.29, 1.82) is 5.26 Å². The Kier molecular flexibility index (Phi) is 2.90. The topological polar surface area (TPSA) is 42.2 Å². The summed E-state index contributed by atoms with van der Waals surface area (Å²) < 4.78 is 24.0. The molecule has 16 heavy (non-hydrogen) atoms. The van der Waals surface area contributed by atoms with Crippen molar-refractivity contribution in [3.05, 3.63) is 35.6 Å². The van der Waals surface area contributed by atoms with E-state index in [1.165, 1.54) is 12.1 Å². The molecule has 2 unspecified atom stereocenters. The lowest BCUT2D eigenvalue weighted by molar-refractivity contribution is -0.161. The molecule has 2 atom stereocenters. The lowest BCUT2D eigenvalue weighted by atomic mass is 10.1. The standard InChI is InChI=1S/C12H12FNO2/c1-12(9-2-4-10(13)5-3-9)15-8-11(16-12)6-7-14/h2-5,11H,6,8H2,1H3. The van der Waals surface area contributed by atoms with E-state index in [2.05, 4.69) is 0 Å². The van der Waals surface area contributed by atoms with Crippen molar-refractivity contribution in [2.75, 3.05) is 6.61 Å². The zero-order valence-electron chi connectivity index (χ0n) is 8.94. The van der Waals surface area contributed by atoms with E-state index in [0.717, 1.165) is 5.56 Å². The summed E-state index contributed by atoms with van der Waals surface area (Å²) in [5.41, 5.74) is 0.759. The fourth-order valence-corrected chi connectivity index (χ4v) is 1.74. The van der Waals surface area contributed by atoms with Gasteiger partial charge in [-0.05, 0) is 19.1 Å². The van der Waals surface area contributed by atoms with Crippen LogP contribution in [0.5, 0.6) is 0 Å². The zero-order chi connectivity index (χ0) is 11.6. The molecule has 3 nitrogen and oxygen atoms in total. The summed E-state index contributed by atoms with van der Waals surface area (Å²) >= 11 is 0. The molecule has 1 fully saturated rings. The third-order valence-electron chi connectivity index (χ3n) is 2.62. The van der Waals surface area contributed by atoms with Gasteiger partial charge in [0.15, 0.2) is 5.79 Å². The Labute approximate surface area is 93.4 Å². The first-order chi connectivity index (χ1) is 7.64. The van der Waals surface area contributed by atoms with Gasteiger partial charge in [-0.25, -0.2) is 4.39 Å². The molecule has 0 spiro atoms. The normalized spacial score (nSPS) is 28.9. The van der Waals surface area contributed by atoms with Crippen LogP contribution >= 0.6 is 0 Å². The van der Waals surface area contributed by atoms with Crippen LogP contribution in [0.1, 0.15) is 18.9 Å². The van der Waals surface area contributed by atoms with Crippen LogP contribution in [0.2, 0.25) is 0 Å². The van der Waals surface area contributed by atoms with Crippen molar-refractivity contribution in [3.63, 3.8) is 0 Å². The van der Waals surface area contributed by atoms with E-state index in [9.17, 15) is 4.39 Å². The Bertz CT molecular complexity index is 412. The van der Waals surface area contributed by atoms with E-state index in [-0.39, 0.29) is 11.9 Å².